The van der Waals surface area contributed by atoms with Crippen LogP contribution in [0.5, 0.6) is 0 Å². The van der Waals surface area contributed by atoms with Gasteiger partial charge in [-0.3, -0.25) is 9.59 Å². The summed E-state index contributed by atoms with van der Waals surface area (Å²) >= 11 is 7.58. The predicted molar refractivity (Wildman–Crippen MR) is 94.1 cm³/mol. The number of amides is 2. The van der Waals surface area contributed by atoms with Gasteiger partial charge in [-0.1, -0.05) is 11.6 Å². The standard InChI is InChI=1S/C16H20ClN3O2S/c17-12-1-3-13(4-2-12)19-6-8-20(9-7-19)16(22)14-11-23-10-5-15(21)18-14/h1-4,14H,5-11H2,(H,18,21)/t14-/m0/s1. The van der Waals surface area contributed by atoms with Gasteiger partial charge in [-0.05, 0) is 24.3 Å². The van der Waals surface area contributed by atoms with Gasteiger partial charge < -0.3 is 15.1 Å². The minimum absolute atomic E-state index is 0.0202. The lowest BCUT2D eigenvalue weighted by Gasteiger charge is -2.37. The molecule has 1 atom stereocenters. The van der Waals surface area contributed by atoms with Crippen LogP contribution < -0.4 is 10.2 Å². The van der Waals surface area contributed by atoms with Crippen LogP contribution in [0.2, 0.25) is 5.02 Å². The Hall–Kier alpha value is -1.40. The lowest BCUT2D eigenvalue weighted by atomic mass is 10.2. The average molecular weight is 354 g/mol. The van der Waals surface area contributed by atoms with Crippen molar-refractivity contribution in [3.05, 3.63) is 29.3 Å². The molecule has 124 valence electrons. The van der Waals surface area contributed by atoms with Crippen molar-refractivity contribution in [1.29, 1.82) is 0 Å². The minimum atomic E-state index is -0.378. The van der Waals surface area contributed by atoms with Crippen LogP contribution in [0, 0.1) is 0 Å². The van der Waals surface area contributed by atoms with Gasteiger partial charge in [0.15, 0.2) is 0 Å². The molecular formula is C16H20ClN3O2S. The Morgan fingerprint density at radius 1 is 1.17 bits per heavy atom. The van der Waals surface area contributed by atoms with E-state index in [1.165, 1.54) is 0 Å². The van der Waals surface area contributed by atoms with Crippen LogP contribution in [0.15, 0.2) is 24.3 Å². The fourth-order valence-electron chi connectivity index (χ4n) is 2.86. The SMILES string of the molecule is O=C1CCSC[C@@H](C(=O)N2CCN(c3ccc(Cl)cc3)CC2)N1. The number of hydrogen-bond donors (Lipinski definition) is 1. The number of halogens is 1. The highest BCUT2D eigenvalue weighted by atomic mass is 35.5. The number of thioether (sulfide) groups is 1. The second kappa shape index (κ2) is 7.45. The number of carbonyl (C=O) groups is 2. The van der Waals surface area contributed by atoms with Gasteiger partial charge in [0.05, 0.1) is 0 Å². The van der Waals surface area contributed by atoms with E-state index in [2.05, 4.69) is 10.2 Å². The molecule has 1 aromatic rings. The van der Waals surface area contributed by atoms with Gasteiger partial charge in [0.2, 0.25) is 11.8 Å². The van der Waals surface area contributed by atoms with Gasteiger partial charge in [0.1, 0.15) is 6.04 Å². The van der Waals surface area contributed by atoms with Gasteiger partial charge >= 0.3 is 0 Å². The molecule has 0 aliphatic carbocycles. The van der Waals surface area contributed by atoms with Crippen molar-refractivity contribution in [3.63, 3.8) is 0 Å². The first-order chi connectivity index (χ1) is 11.1. The smallest absolute Gasteiger partial charge is 0.246 e. The van der Waals surface area contributed by atoms with Gasteiger partial charge in [0, 0.05) is 54.8 Å². The molecule has 0 radical (unpaired) electrons. The van der Waals surface area contributed by atoms with E-state index in [9.17, 15) is 9.59 Å². The molecule has 5 nitrogen and oxygen atoms in total. The number of anilines is 1. The predicted octanol–water partition coefficient (Wildman–Crippen LogP) is 1.61. The summed E-state index contributed by atoms with van der Waals surface area (Å²) in [4.78, 5) is 28.3. The number of nitrogens with one attached hydrogen (secondary N) is 1. The zero-order valence-corrected chi connectivity index (χ0v) is 14.4. The lowest BCUT2D eigenvalue weighted by molar-refractivity contribution is -0.135. The monoisotopic (exact) mass is 353 g/mol. The molecule has 2 amide bonds. The van der Waals surface area contributed by atoms with Crippen LogP contribution >= 0.6 is 23.4 Å². The third kappa shape index (κ3) is 4.12. The fourth-order valence-corrected chi connectivity index (χ4v) is 3.95. The number of rotatable bonds is 2. The van der Waals surface area contributed by atoms with Crippen molar-refractivity contribution in [2.45, 2.75) is 12.5 Å². The third-order valence-electron chi connectivity index (χ3n) is 4.17. The summed E-state index contributed by atoms with van der Waals surface area (Å²) in [5, 5.41) is 3.57. The molecule has 23 heavy (non-hydrogen) atoms. The van der Waals surface area contributed by atoms with Crippen LogP contribution in [0.3, 0.4) is 0 Å². The van der Waals surface area contributed by atoms with Gasteiger partial charge in [0.25, 0.3) is 0 Å². The molecule has 0 unspecified atom stereocenters. The molecule has 2 saturated heterocycles. The van der Waals surface area contributed by atoms with E-state index in [0.29, 0.717) is 25.3 Å². The Morgan fingerprint density at radius 2 is 1.87 bits per heavy atom. The molecule has 2 aliphatic heterocycles. The first kappa shape index (κ1) is 16.5. The van der Waals surface area contributed by atoms with Gasteiger partial charge in [-0.2, -0.15) is 11.8 Å². The second-order valence-electron chi connectivity index (χ2n) is 5.73. The van der Waals surface area contributed by atoms with E-state index in [4.69, 9.17) is 11.6 Å². The molecule has 2 heterocycles. The first-order valence-corrected chi connectivity index (χ1v) is 9.33. The molecule has 7 heteroatoms. The maximum absolute atomic E-state index is 12.6. The van der Waals surface area contributed by atoms with Crippen LogP contribution in [0.1, 0.15) is 6.42 Å². The number of piperazine rings is 1. The normalized spacial score (nSPS) is 22.5. The highest BCUT2D eigenvalue weighted by Crippen LogP contribution is 2.20. The molecule has 2 fully saturated rings. The molecule has 0 bridgehead atoms. The number of hydrogen-bond acceptors (Lipinski definition) is 4. The van der Waals surface area contributed by atoms with Crippen molar-refractivity contribution in [1.82, 2.24) is 10.2 Å². The maximum atomic E-state index is 12.6. The zero-order valence-electron chi connectivity index (χ0n) is 12.8. The summed E-state index contributed by atoms with van der Waals surface area (Å²) < 4.78 is 0. The second-order valence-corrected chi connectivity index (χ2v) is 7.32. The van der Waals surface area contributed by atoms with Crippen molar-refractivity contribution < 1.29 is 9.59 Å². The molecule has 1 N–H and O–H groups in total. The summed E-state index contributed by atoms with van der Waals surface area (Å²) in [7, 11) is 0. The number of carbonyl (C=O) groups excluding carboxylic acids is 2. The van der Waals surface area contributed by atoms with Crippen molar-refractivity contribution in [2.75, 3.05) is 42.6 Å². The molecule has 0 spiro atoms. The molecule has 2 aliphatic rings. The Bertz CT molecular complexity index is 573. The summed E-state index contributed by atoms with van der Waals surface area (Å²) in [6, 6.07) is 7.39. The largest absolute Gasteiger partial charge is 0.368 e. The molecule has 3 rings (SSSR count). The molecule has 0 saturated carbocycles. The molecular weight excluding hydrogens is 334 g/mol. The summed E-state index contributed by atoms with van der Waals surface area (Å²) in [5.74, 6) is 1.48. The minimum Gasteiger partial charge on any atom is -0.368 e. The summed E-state index contributed by atoms with van der Waals surface area (Å²) in [6.07, 6.45) is 0.499. The van der Waals surface area contributed by atoms with Gasteiger partial charge in [-0.25, -0.2) is 0 Å². The third-order valence-corrected chi connectivity index (χ3v) is 5.49. The van der Waals surface area contributed by atoms with Crippen LogP contribution in [0.4, 0.5) is 5.69 Å². The quantitative estimate of drug-likeness (QED) is 0.877. The number of benzene rings is 1. The Morgan fingerprint density at radius 3 is 2.57 bits per heavy atom. The summed E-state index contributed by atoms with van der Waals surface area (Å²) in [6.45, 7) is 2.94. The Labute approximate surface area is 145 Å². The Kier molecular flexibility index (Phi) is 5.33. The van der Waals surface area contributed by atoms with Crippen LogP contribution in [0.25, 0.3) is 0 Å². The van der Waals surface area contributed by atoms with E-state index in [1.807, 2.05) is 29.2 Å². The highest BCUT2D eigenvalue weighted by molar-refractivity contribution is 7.99. The number of nitrogens with zero attached hydrogens (tertiary/aromatic N) is 2. The van der Waals surface area contributed by atoms with Crippen molar-refractivity contribution in [3.8, 4) is 0 Å². The van der Waals surface area contributed by atoms with Crippen LogP contribution in [-0.4, -0.2) is 60.4 Å². The Balaban J connectivity index is 1.56. The average Bonchev–Trinajstić information content (AvgIpc) is 2.80. The van der Waals surface area contributed by atoms with Crippen molar-refractivity contribution >= 4 is 40.9 Å². The molecule has 0 aromatic heterocycles. The van der Waals surface area contributed by atoms with Crippen molar-refractivity contribution in [2.24, 2.45) is 0 Å². The molecule has 1 aromatic carbocycles. The van der Waals surface area contributed by atoms with E-state index in [1.54, 1.807) is 11.8 Å². The lowest BCUT2D eigenvalue weighted by Crippen LogP contribution is -2.55. The van der Waals surface area contributed by atoms with Gasteiger partial charge in [-0.15, -0.1) is 0 Å². The topological polar surface area (TPSA) is 52.7 Å². The van der Waals surface area contributed by atoms with E-state index in [0.717, 1.165) is 29.6 Å². The first-order valence-electron chi connectivity index (χ1n) is 7.80. The van der Waals surface area contributed by atoms with E-state index >= 15 is 0 Å². The maximum Gasteiger partial charge on any atom is 0.246 e. The van der Waals surface area contributed by atoms with E-state index in [-0.39, 0.29) is 17.9 Å². The van der Waals surface area contributed by atoms with E-state index < -0.39 is 0 Å². The zero-order chi connectivity index (χ0) is 16.2. The fraction of sp³-hybridized carbons (Fsp3) is 0.500. The highest BCUT2D eigenvalue weighted by Gasteiger charge is 2.29. The van der Waals surface area contributed by atoms with Crippen LogP contribution in [-0.2, 0) is 9.59 Å². The summed E-state index contributed by atoms with van der Waals surface area (Å²) in [5.41, 5.74) is 1.12.